The van der Waals surface area contributed by atoms with E-state index in [-0.39, 0.29) is 41.0 Å². The Labute approximate surface area is 254 Å². The van der Waals surface area contributed by atoms with Crippen LogP contribution < -0.4 is 15.0 Å². The zero-order chi connectivity index (χ0) is 29.5. The number of nitrogens with one attached hydrogen (secondary N) is 1. The minimum Gasteiger partial charge on any atom is -0.508 e. The number of ether oxygens (including phenoxy) is 1. The third kappa shape index (κ3) is 4.80. The first-order chi connectivity index (χ1) is 20.8. The summed E-state index contributed by atoms with van der Waals surface area (Å²) in [6, 6.07) is 3.48. The summed E-state index contributed by atoms with van der Waals surface area (Å²) in [7, 11) is 0. The van der Waals surface area contributed by atoms with Crippen molar-refractivity contribution in [3.63, 3.8) is 0 Å². The minimum absolute atomic E-state index is 0.0408. The van der Waals surface area contributed by atoms with E-state index in [1.807, 2.05) is 0 Å². The van der Waals surface area contributed by atoms with Crippen LogP contribution in [0.3, 0.4) is 0 Å². The van der Waals surface area contributed by atoms with E-state index in [1.54, 1.807) is 12.3 Å². The van der Waals surface area contributed by atoms with Crippen molar-refractivity contribution < 1.29 is 18.6 Å². The van der Waals surface area contributed by atoms with Gasteiger partial charge >= 0.3 is 6.01 Å². The van der Waals surface area contributed by atoms with E-state index in [2.05, 4.69) is 32.0 Å². The van der Waals surface area contributed by atoms with Crippen LogP contribution in [0, 0.1) is 17.7 Å². The highest BCUT2D eigenvalue weighted by Crippen LogP contribution is 2.53. The summed E-state index contributed by atoms with van der Waals surface area (Å²) in [6.45, 7) is 6.25. The monoisotopic (exact) mass is 610 g/mol. The Balaban J connectivity index is 1.23. The molecule has 2 unspecified atom stereocenters. The number of hydrogen-bond donors (Lipinski definition) is 2. The zero-order valence-electron chi connectivity index (χ0n) is 24.3. The Hall–Kier alpha value is -2.82. The third-order valence-corrected chi connectivity index (χ3v) is 10.9. The summed E-state index contributed by atoms with van der Waals surface area (Å²) < 4.78 is 37.5. The van der Waals surface area contributed by atoms with E-state index in [1.165, 1.54) is 6.07 Å². The molecular weight excluding hydrogens is 574 g/mol. The molecule has 6 heterocycles. The molecule has 8 nitrogen and oxygen atoms in total. The van der Waals surface area contributed by atoms with Gasteiger partial charge in [0.1, 0.15) is 35.6 Å². The van der Waals surface area contributed by atoms with Crippen LogP contribution in [-0.2, 0) is 0 Å². The summed E-state index contributed by atoms with van der Waals surface area (Å²) in [4.78, 5) is 18.5. The number of pyridine rings is 1. The number of phenols is 1. The van der Waals surface area contributed by atoms with Gasteiger partial charge in [0.25, 0.3) is 0 Å². The quantitative estimate of drug-likeness (QED) is 0.381. The first kappa shape index (κ1) is 27.7. The first-order valence-electron chi connectivity index (χ1n) is 15.7. The SMILES string of the molecule is C[C@H]1C[C@@H]1c1c(Cl)cc(O)cc1-c1ncc2c(N3CCC4CNC(C4)C3)nc(OC[C@@]34CCCN3C[C@H](F)C4)nc2c1F. The molecule has 5 aliphatic rings. The molecule has 2 aromatic heterocycles. The number of halogens is 3. The van der Waals surface area contributed by atoms with E-state index in [9.17, 15) is 9.50 Å². The second kappa shape index (κ2) is 10.4. The molecule has 1 aromatic carbocycles. The molecule has 0 amide bonds. The van der Waals surface area contributed by atoms with Crippen LogP contribution in [0.1, 0.15) is 56.9 Å². The van der Waals surface area contributed by atoms with Gasteiger partial charge in [-0.1, -0.05) is 18.5 Å². The molecule has 4 saturated heterocycles. The van der Waals surface area contributed by atoms with Gasteiger partial charge in [-0.05, 0) is 80.6 Å². The lowest BCUT2D eigenvalue weighted by molar-refractivity contribution is 0.107. The maximum atomic E-state index is 16.7. The third-order valence-electron chi connectivity index (χ3n) is 10.6. The number of aromatic nitrogens is 3. The van der Waals surface area contributed by atoms with Gasteiger partial charge in [-0.25, -0.2) is 8.78 Å². The molecule has 0 radical (unpaired) electrons. The predicted molar refractivity (Wildman–Crippen MR) is 161 cm³/mol. The standard InChI is InChI=1S/C32H37ClF2N6O2/c1-17-7-22(17)26-23(9-21(42)10-25(26)33)28-27(35)29-24(13-37-28)30(40-6-3-18-8-20(15-40)36-12-18)39-31(38-29)43-16-32-4-2-5-41(32)14-19(34)11-32/h9-10,13,17-20,22,36,42H,2-8,11-12,14-16H2,1H3/t17-,18?,19+,20?,22-,32-/m0/s1. The maximum Gasteiger partial charge on any atom is 0.319 e. The fourth-order valence-corrected chi connectivity index (χ4v) is 8.57. The van der Waals surface area contributed by atoms with Gasteiger partial charge in [0.15, 0.2) is 5.82 Å². The van der Waals surface area contributed by atoms with E-state index in [4.69, 9.17) is 21.3 Å². The predicted octanol–water partition coefficient (Wildman–Crippen LogP) is 5.46. The van der Waals surface area contributed by atoms with Gasteiger partial charge in [-0.2, -0.15) is 9.97 Å². The van der Waals surface area contributed by atoms with Crippen molar-refractivity contribution >= 4 is 28.3 Å². The van der Waals surface area contributed by atoms with Gasteiger partial charge in [0.05, 0.1) is 10.9 Å². The summed E-state index contributed by atoms with van der Waals surface area (Å²) in [5, 5.41) is 15.0. The van der Waals surface area contributed by atoms with Crippen LogP contribution >= 0.6 is 11.6 Å². The molecule has 5 fully saturated rings. The van der Waals surface area contributed by atoms with Crippen LogP contribution in [0.25, 0.3) is 22.2 Å². The second-order valence-corrected chi connectivity index (χ2v) is 13.9. The van der Waals surface area contributed by atoms with Gasteiger partial charge in [-0.15, -0.1) is 0 Å². The number of benzene rings is 1. The highest BCUT2D eigenvalue weighted by atomic mass is 35.5. The number of rotatable bonds is 6. The normalized spacial score (nSPS) is 31.9. The van der Waals surface area contributed by atoms with Gasteiger partial charge in [0.2, 0.25) is 0 Å². The van der Waals surface area contributed by atoms with Crippen molar-refractivity contribution in [3.05, 3.63) is 34.7 Å². The smallest absolute Gasteiger partial charge is 0.319 e. The van der Waals surface area contributed by atoms with Crippen molar-refractivity contribution in [1.82, 2.24) is 25.2 Å². The summed E-state index contributed by atoms with van der Waals surface area (Å²) in [6.07, 6.45) is 6.13. The number of fused-ring (bicyclic) bond motifs is 4. The van der Waals surface area contributed by atoms with E-state index in [0.717, 1.165) is 63.8 Å². The highest BCUT2D eigenvalue weighted by molar-refractivity contribution is 6.32. The Morgan fingerprint density at radius 3 is 2.91 bits per heavy atom. The topological polar surface area (TPSA) is 86.6 Å². The summed E-state index contributed by atoms with van der Waals surface area (Å²) in [5.74, 6) is 1.18. The molecule has 2 bridgehead atoms. The molecule has 1 saturated carbocycles. The van der Waals surface area contributed by atoms with E-state index in [0.29, 0.717) is 52.6 Å². The van der Waals surface area contributed by atoms with Crippen LogP contribution in [0.5, 0.6) is 11.8 Å². The highest BCUT2D eigenvalue weighted by Gasteiger charge is 2.49. The maximum absolute atomic E-state index is 16.7. The average molecular weight is 611 g/mol. The lowest BCUT2D eigenvalue weighted by atomic mass is 9.95. The molecule has 3 aromatic rings. The molecule has 2 N–H and O–H groups in total. The Morgan fingerprint density at radius 1 is 1.21 bits per heavy atom. The average Bonchev–Trinajstić information content (AvgIpc) is 3.22. The number of anilines is 1. The van der Waals surface area contributed by atoms with Crippen molar-refractivity contribution in [2.75, 3.05) is 44.2 Å². The summed E-state index contributed by atoms with van der Waals surface area (Å²) >= 11 is 6.61. The molecule has 228 valence electrons. The van der Waals surface area contributed by atoms with Crippen LogP contribution in [-0.4, -0.2) is 82.0 Å². The fraction of sp³-hybridized carbons (Fsp3) is 0.594. The lowest BCUT2D eigenvalue weighted by Gasteiger charge is -2.31. The number of hydrogen-bond acceptors (Lipinski definition) is 8. The number of nitrogens with zero attached hydrogens (tertiary/aromatic N) is 5. The van der Waals surface area contributed by atoms with Crippen molar-refractivity contribution in [2.45, 2.75) is 69.1 Å². The van der Waals surface area contributed by atoms with Crippen molar-refractivity contribution in [3.8, 4) is 23.0 Å². The Bertz CT molecular complexity index is 1590. The zero-order valence-corrected chi connectivity index (χ0v) is 25.1. The molecule has 0 spiro atoms. The number of phenolic OH excluding ortho intramolecular Hbond substituents is 1. The van der Waals surface area contributed by atoms with Crippen molar-refractivity contribution in [1.29, 1.82) is 0 Å². The van der Waals surface area contributed by atoms with Crippen LogP contribution in [0.2, 0.25) is 5.02 Å². The van der Waals surface area contributed by atoms with Crippen molar-refractivity contribution in [2.24, 2.45) is 11.8 Å². The molecule has 11 heteroatoms. The van der Waals surface area contributed by atoms with E-state index < -0.39 is 12.0 Å². The van der Waals surface area contributed by atoms with E-state index >= 15 is 4.39 Å². The molecular formula is C32H37ClF2N6O2. The molecule has 1 aliphatic carbocycles. The molecule has 4 aliphatic heterocycles. The lowest BCUT2D eigenvalue weighted by Crippen LogP contribution is -2.43. The fourth-order valence-electron chi connectivity index (χ4n) is 8.21. The molecule has 8 rings (SSSR count). The second-order valence-electron chi connectivity index (χ2n) is 13.5. The Kier molecular flexibility index (Phi) is 6.69. The number of aromatic hydroxyl groups is 1. The van der Waals surface area contributed by atoms with Gasteiger partial charge < -0.3 is 20.1 Å². The van der Waals surface area contributed by atoms with Gasteiger partial charge in [-0.3, -0.25) is 9.88 Å². The molecule has 43 heavy (non-hydrogen) atoms. The van der Waals surface area contributed by atoms with Crippen LogP contribution in [0.4, 0.5) is 14.6 Å². The molecule has 6 atom stereocenters. The van der Waals surface area contributed by atoms with Crippen LogP contribution in [0.15, 0.2) is 18.3 Å². The minimum atomic E-state index is -0.874. The Morgan fingerprint density at radius 2 is 2.07 bits per heavy atom. The number of alkyl halides is 1. The summed E-state index contributed by atoms with van der Waals surface area (Å²) in [5.41, 5.74) is 1.14. The first-order valence-corrected chi connectivity index (χ1v) is 16.0. The van der Waals surface area contributed by atoms with Gasteiger partial charge in [0, 0.05) is 48.9 Å². The largest absolute Gasteiger partial charge is 0.508 e.